The Bertz CT molecular complexity index is 352. The molecule has 0 unspecified atom stereocenters. The van der Waals surface area contributed by atoms with Gasteiger partial charge in [-0.15, -0.1) is 0 Å². The number of rotatable bonds is 10. The summed E-state index contributed by atoms with van der Waals surface area (Å²) in [5, 5.41) is 13.7. The maximum atomic E-state index is 11.4. The standard InChI is InChI=1S/C12H22N3O5S.Fm/c1-12(2,3)20-11(19)14-5-7-21-15(8-10(17)18)6-4-13-9-16;/h4-8H2,1-3H3,(H,13,16)(H,14,19)(H,17,18);/q-1;. The van der Waals surface area contributed by atoms with Crippen LogP contribution < -0.4 is 10.6 Å². The Morgan fingerprint density at radius 2 is 1.95 bits per heavy atom. The molecule has 0 fully saturated rings. The third kappa shape index (κ3) is 13.9. The Hall–Kier alpha value is -2.48. The predicted octanol–water partition coefficient (Wildman–Crippen LogP) is 0.203. The average Bonchev–Trinajstić information content (AvgIpc) is 2.31. The molecule has 0 rings (SSSR count). The van der Waals surface area contributed by atoms with Crippen molar-refractivity contribution in [2.75, 3.05) is 31.9 Å². The van der Waals surface area contributed by atoms with Crippen molar-refractivity contribution in [3.05, 3.63) is 0 Å². The van der Waals surface area contributed by atoms with E-state index in [0.29, 0.717) is 25.4 Å². The number of alkyl carbamates (subject to hydrolysis) is 1. The molecule has 8 nitrogen and oxygen atoms in total. The largest absolute Gasteiger partial charge is 0.529 e. The molecule has 0 spiro atoms. The van der Waals surface area contributed by atoms with Gasteiger partial charge in [-0.25, -0.2) is 9.10 Å². The molecule has 0 aliphatic carbocycles. The Labute approximate surface area is 128 Å². The van der Waals surface area contributed by atoms with Gasteiger partial charge >= 0.3 is 12.1 Å². The second kappa shape index (κ2) is 11.2. The van der Waals surface area contributed by atoms with Crippen LogP contribution in [0.1, 0.15) is 20.8 Å². The molecule has 0 aliphatic heterocycles. The number of carbonyl (C=O) groups is 2. The summed E-state index contributed by atoms with van der Waals surface area (Å²) in [5.74, 6) is -0.463. The first-order chi connectivity index (χ1) is 9.74. The second-order valence-corrected chi connectivity index (χ2v) is 6.23. The maximum absolute atomic E-state index is 11.4. The number of carbonyl (C=O) groups excluding carboxylic acids is 2. The summed E-state index contributed by atoms with van der Waals surface area (Å²) in [4.78, 5) is 32.1. The Morgan fingerprint density at radius 1 is 1.32 bits per heavy atom. The molecule has 0 aromatic heterocycles. The van der Waals surface area contributed by atoms with Crippen molar-refractivity contribution in [3.63, 3.8) is 0 Å². The molecule has 0 saturated heterocycles. The number of amides is 2. The summed E-state index contributed by atoms with van der Waals surface area (Å²) in [6.07, 6.45) is 1.01. The van der Waals surface area contributed by atoms with Crippen molar-refractivity contribution < 1.29 is 24.2 Å². The van der Waals surface area contributed by atoms with Crippen LogP contribution in [0.3, 0.4) is 0 Å². The number of hydrogen-bond acceptors (Lipinski definition) is 6. The second-order valence-electron chi connectivity index (χ2n) is 5.05. The fourth-order valence-electron chi connectivity index (χ4n) is 1.21. The molecule has 22 heavy (non-hydrogen) atoms. The zero-order valence-corrected chi connectivity index (χ0v) is 16.0. The fraction of sp³-hybridized carbons (Fsp3) is 0.750. The quantitative estimate of drug-likeness (QED) is 0.148. The van der Waals surface area contributed by atoms with Crippen molar-refractivity contribution in [1.82, 2.24) is 14.9 Å². The van der Waals surface area contributed by atoms with E-state index < -0.39 is 17.7 Å². The topological polar surface area (TPSA) is 108 Å². The minimum Gasteiger partial charge on any atom is -0.529 e. The Balaban J connectivity index is 0. The number of carboxylic acids is 1. The number of nitrogens with one attached hydrogen (secondary N) is 2. The molecular weight excluding hydrogens is 555 g/mol. The van der Waals surface area contributed by atoms with Crippen LogP contribution in [-0.2, 0) is 14.3 Å². The van der Waals surface area contributed by atoms with Crippen LogP contribution in [0.15, 0.2) is 0 Å². The molecule has 2 amide bonds. The minimum atomic E-state index is -0.960. The summed E-state index contributed by atoms with van der Waals surface area (Å²) in [6.45, 7) is 6.19. The number of ether oxygens (including phenoxy) is 1. The molecule has 0 aromatic carbocycles. The van der Waals surface area contributed by atoms with E-state index in [1.54, 1.807) is 25.1 Å². The van der Waals surface area contributed by atoms with E-state index in [1.807, 2.05) is 0 Å². The number of carboxylic acid groups (broad SMARTS) is 1. The van der Waals surface area contributed by atoms with E-state index in [2.05, 4.69) is 10.6 Å². The van der Waals surface area contributed by atoms with Gasteiger partial charge < -0.3 is 25.3 Å². The van der Waals surface area contributed by atoms with Gasteiger partial charge in [0, 0.05) is 18.8 Å². The molecule has 134 valence electrons. The van der Waals surface area contributed by atoms with Crippen molar-refractivity contribution in [3.8, 4) is 0 Å². The van der Waals surface area contributed by atoms with E-state index in [1.165, 1.54) is 18.4 Å². The first-order valence-electron chi connectivity index (χ1n) is 6.41. The number of aliphatic carboxylic acids is 1. The molecule has 0 aromatic rings. The maximum Gasteiger partial charge on any atom is 0.407 e. The Kier molecular flexibility index (Phi) is 11.1. The smallest absolute Gasteiger partial charge is 0.407 e. The van der Waals surface area contributed by atoms with Gasteiger partial charge in [0.1, 0.15) is 12.1 Å². The number of hydrogen-bond donors (Lipinski definition) is 3. The fourth-order valence-corrected chi connectivity index (χ4v) is 2.09. The molecule has 0 saturated carbocycles. The normalized spacial score (nSPS) is 10.5. The molecule has 3 N–H and O–H groups in total. The van der Waals surface area contributed by atoms with Crippen molar-refractivity contribution >= 4 is 30.4 Å². The minimum absolute atomic E-state index is 0. The van der Waals surface area contributed by atoms with Crippen LogP contribution in [0.2, 0.25) is 0 Å². The number of nitrogens with zero attached hydrogens (tertiary/aromatic N) is 1. The summed E-state index contributed by atoms with van der Waals surface area (Å²) in [5.41, 5.74) is -0.552. The Morgan fingerprint density at radius 3 is 2.45 bits per heavy atom. The molecule has 0 aliphatic rings. The van der Waals surface area contributed by atoms with Crippen LogP contribution in [-0.4, -0.2) is 65.4 Å². The monoisotopic (exact) mass is 577 g/mol. The summed E-state index contributed by atoms with van der Waals surface area (Å²) >= 11 is 1.27. The first kappa shape index (κ1) is 21.8. The average molecular weight is 577 g/mol. The van der Waals surface area contributed by atoms with Crippen LogP contribution in [0.4, 0.5) is 4.79 Å². The van der Waals surface area contributed by atoms with Gasteiger partial charge in [-0.1, -0.05) is 11.9 Å². The van der Waals surface area contributed by atoms with Gasteiger partial charge in [0.05, 0.1) is 0 Å². The first-order valence-corrected chi connectivity index (χ1v) is 7.35. The van der Waals surface area contributed by atoms with Crippen molar-refractivity contribution in [2.24, 2.45) is 0 Å². The predicted molar refractivity (Wildman–Crippen MR) is 79.6 cm³/mol. The van der Waals surface area contributed by atoms with Gasteiger partial charge in [-0.3, -0.25) is 4.79 Å². The molecule has 0 radical (unpaired) electrons. The SMILES string of the molecule is CC(C)(C)OC(=O)NCCSN(CCN[C-]=O)CC(=O)O.[Fm]. The van der Waals surface area contributed by atoms with E-state index in [-0.39, 0.29) is 6.54 Å². The summed E-state index contributed by atoms with van der Waals surface area (Å²) in [7, 11) is 0. The molecule has 0 bridgehead atoms. The van der Waals surface area contributed by atoms with Crippen molar-refractivity contribution in [1.29, 1.82) is 0 Å². The zero-order chi connectivity index (χ0) is 16.3. The van der Waals surface area contributed by atoms with Crippen molar-refractivity contribution in [2.45, 2.75) is 26.4 Å². The van der Waals surface area contributed by atoms with Crippen LogP contribution >= 0.6 is 11.9 Å². The molecule has 10 heteroatoms. The summed E-state index contributed by atoms with van der Waals surface area (Å²) < 4.78 is 6.66. The molecule has 0 atom stereocenters. The molecular formula is C12H22FmN3O5S-. The van der Waals surface area contributed by atoms with Crippen LogP contribution in [0.5, 0.6) is 0 Å². The van der Waals surface area contributed by atoms with E-state index in [9.17, 15) is 14.4 Å². The third-order valence-corrected chi connectivity index (χ3v) is 2.98. The van der Waals surface area contributed by atoms with E-state index >= 15 is 0 Å². The van der Waals surface area contributed by atoms with E-state index in [4.69, 9.17) is 9.84 Å². The van der Waals surface area contributed by atoms with Gasteiger partial charge in [0.25, 0.3) is 0 Å². The van der Waals surface area contributed by atoms with Crippen LogP contribution in [0.25, 0.3) is 0 Å². The van der Waals surface area contributed by atoms with Gasteiger partial charge in [-0.2, -0.15) is 6.41 Å². The molecule has 0 heterocycles. The van der Waals surface area contributed by atoms with Gasteiger partial charge in [0.15, 0.2) is 0 Å². The third-order valence-electron chi connectivity index (χ3n) is 1.91. The zero-order valence-electron chi connectivity index (χ0n) is 12.8. The van der Waals surface area contributed by atoms with E-state index in [0.717, 1.165) is 0 Å². The van der Waals surface area contributed by atoms with Crippen LogP contribution in [0, 0.1) is 0 Å². The summed E-state index contributed by atoms with van der Waals surface area (Å²) in [6, 6.07) is 0. The van der Waals surface area contributed by atoms with Gasteiger partial charge in [0.2, 0.25) is 0 Å². The van der Waals surface area contributed by atoms with Gasteiger partial charge in [-0.05, 0) is 27.3 Å².